The van der Waals surface area contributed by atoms with Crippen molar-refractivity contribution < 1.29 is 37.0 Å². The lowest BCUT2D eigenvalue weighted by molar-refractivity contribution is -0.167. The summed E-state index contributed by atoms with van der Waals surface area (Å²) in [5, 5.41) is 0. The molecule has 2 rings (SSSR count). The van der Waals surface area contributed by atoms with Gasteiger partial charge in [0.1, 0.15) is 0 Å². The maximum Gasteiger partial charge on any atom is 0.362 e. The Hall–Kier alpha value is -2.54. The fourth-order valence-corrected chi connectivity index (χ4v) is 3.07. The highest BCUT2D eigenvalue weighted by molar-refractivity contribution is 7.84. The molecule has 2 unspecified atom stereocenters. The molecule has 0 radical (unpaired) electrons. The van der Waals surface area contributed by atoms with Gasteiger partial charge in [0.05, 0.1) is 13.7 Å². The van der Waals surface area contributed by atoms with Crippen molar-refractivity contribution in [2.45, 2.75) is 12.6 Å². The molecule has 0 aliphatic carbocycles. The smallest absolute Gasteiger partial charge is 0.277 e. The molecule has 1 aromatic carbocycles. The minimum Gasteiger partial charge on any atom is -0.277 e. The Morgan fingerprint density at radius 2 is 1.84 bits per heavy atom. The quantitative estimate of drug-likeness (QED) is 0.227. The van der Waals surface area contributed by atoms with Crippen LogP contribution >= 0.6 is 0 Å². The van der Waals surface area contributed by atoms with Crippen LogP contribution in [0.2, 0.25) is 0 Å². The zero-order valence-electron chi connectivity index (χ0n) is 12.9. The Morgan fingerprint density at radius 3 is 2.40 bits per heavy atom. The van der Waals surface area contributed by atoms with Crippen LogP contribution in [0, 0.1) is 5.92 Å². The van der Waals surface area contributed by atoms with Crippen LogP contribution in [0.15, 0.2) is 30.3 Å². The highest BCUT2D eigenvalue weighted by Crippen LogP contribution is 2.30. The Kier molecular flexibility index (Phi) is 5.69. The Morgan fingerprint density at radius 1 is 1.20 bits per heavy atom. The molecule has 0 aromatic heterocycles. The van der Waals surface area contributed by atoms with Crippen molar-refractivity contribution in [1.29, 1.82) is 0 Å². The zero-order valence-corrected chi connectivity index (χ0v) is 13.7. The van der Waals surface area contributed by atoms with Gasteiger partial charge in [-0.15, -0.1) is 0 Å². The molecule has 11 nitrogen and oxygen atoms in total. The Bertz CT molecular complexity index is 767. The summed E-state index contributed by atoms with van der Waals surface area (Å²) in [6.07, 6.45) is 0. The summed E-state index contributed by atoms with van der Waals surface area (Å²) in [4.78, 5) is 45.0. The molecule has 136 valence electrons. The molecular formula is C13H15N3O8S. The van der Waals surface area contributed by atoms with Gasteiger partial charge < -0.3 is 0 Å². The number of hydrogen-bond acceptors (Lipinski definition) is 7. The van der Waals surface area contributed by atoms with Gasteiger partial charge in [0, 0.05) is 0 Å². The summed E-state index contributed by atoms with van der Waals surface area (Å²) in [5.74, 6) is -5.08. The molecule has 1 aliphatic rings. The van der Waals surface area contributed by atoms with Crippen LogP contribution in [0.3, 0.4) is 0 Å². The number of nitrogens with zero attached hydrogens (tertiary/aromatic N) is 1. The van der Waals surface area contributed by atoms with Crippen LogP contribution < -0.4 is 11.0 Å². The lowest BCUT2D eigenvalue weighted by atomic mass is 9.89. The monoisotopic (exact) mass is 373 g/mol. The molecule has 25 heavy (non-hydrogen) atoms. The summed E-state index contributed by atoms with van der Waals surface area (Å²) < 4.78 is 31.3. The van der Waals surface area contributed by atoms with Crippen LogP contribution in [0.1, 0.15) is 5.56 Å². The van der Waals surface area contributed by atoms with Crippen molar-refractivity contribution in [2.24, 2.45) is 5.92 Å². The minimum absolute atomic E-state index is 0.00949. The highest BCUT2D eigenvalue weighted by Gasteiger charge is 2.60. The van der Waals surface area contributed by atoms with Crippen LogP contribution in [-0.4, -0.2) is 48.1 Å². The summed E-state index contributed by atoms with van der Waals surface area (Å²) in [5.41, 5.74) is 4.52. The molecule has 2 atom stereocenters. The van der Waals surface area contributed by atoms with E-state index in [1.54, 1.807) is 30.3 Å². The summed E-state index contributed by atoms with van der Waals surface area (Å²) in [6.45, 7) is -0.00949. The lowest BCUT2D eigenvalue weighted by Gasteiger charge is -2.41. The fraction of sp³-hybridized carbons (Fsp3) is 0.308. The molecule has 1 fully saturated rings. The number of carbonyl (C=O) groups excluding carboxylic acids is 3. The van der Waals surface area contributed by atoms with E-state index in [4.69, 9.17) is 9.39 Å². The summed E-state index contributed by atoms with van der Waals surface area (Å²) >= 11 is 0. The van der Waals surface area contributed by atoms with E-state index in [0.717, 1.165) is 12.7 Å². The van der Waals surface area contributed by atoms with E-state index in [1.807, 2.05) is 11.0 Å². The van der Waals surface area contributed by atoms with Crippen molar-refractivity contribution in [3.8, 4) is 0 Å². The SMILES string of the molecule is CONC(=O)C1C(C(=O)NOCc2ccccc2)C(=O)N1S(=O)(=O)O. The number of β-lactam (4-membered cyclic amide) rings is 1. The third-order valence-corrected chi connectivity index (χ3v) is 4.21. The maximum absolute atomic E-state index is 12.0. The van der Waals surface area contributed by atoms with Gasteiger partial charge >= 0.3 is 10.3 Å². The zero-order chi connectivity index (χ0) is 18.6. The predicted molar refractivity (Wildman–Crippen MR) is 80.2 cm³/mol. The first kappa shape index (κ1) is 18.8. The van der Waals surface area contributed by atoms with E-state index in [9.17, 15) is 22.8 Å². The van der Waals surface area contributed by atoms with Crippen molar-refractivity contribution in [3.63, 3.8) is 0 Å². The number of hydroxylamine groups is 2. The Labute approximate surface area is 142 Å². The highest BCUT2D eigenvalue weighted by atomic mass is 32.2. The van der Waals surface area contributed by atoms with Gasteiger partial charge in [0.15, 0.2) is 12.0 Å². The fourth-order valence-electron chi connectivity index (χ4n) is 2.22. The normalized spacial score (nSPS) is 19.9. The molecule has 1 aromatic rings. The maximum atomic E-state index is 12.0. The van der Waals surface area contributed by atoms with Crippen molar-refractivity contribution in [3.05, 3.63) is 35.9 Å². The van der Waals surface area contributed by atoms with Crippen molar-refractivity contribution >= 4 is 28.0 Å². The molecule has 1 aliphatic heterocycles. The van der Waals surface area contributed by atoms with Crippen molar-refractivity contribution in [2.75, 3.05) is 7.11 Å². The Balaban J connectivity index is 2.03. The van der Waals surface area contributed by atoms with Crippen LogP contribution in [0.5, 0.6) is 0 Å². The van der Waals surface area contributed by atoms with E-state index >= 15 is 0 Å². The average molecular weight is 373 g/mol. The molecular weight excluding hydrogens is 358 g/mol. The molecule has 1 heterocycles. The average Bonchev–Trinajstić information content (AvgIpc) is 2.52. The van der Waals surface area contributed by atoms with Gasteiger partial charge in [-0.25, -0.2) is 15.3 Å². The first-order chi connectivity index (χ1) is 11.8. The molecule has 3 N–H and O–H groups in total. The molecule has 3 amide bonds. The largest absolute Gasteiger partial charge is 0.362 e. The van der Waals surface area contributed by atoms with Gasteiger partial charge in [-0.1, -0.05) is 30.3 Å². The molecule has 0 saturated carbocycles. The number of nitrogens with one attached hydrogen (secondary N) is 2. The van der Waals surface area contributed by atoms with Crippen LogP contribution in [0.25, 0.3) is 0 Å². The first-order valence-electron chi connectivity index (χ1n) is 6.86. The minimum atomic E-state index is -5.01. The topological polar surface area (TPSA) is 151 Å². The molecule has 0 spiro atoms. The number of amides is 3. The van der Waals surface area contributed by atoms with Gasteiger partial charge in [0.25, 0.3) is 17.7 Å². The molecule has 1 saturated heterocycles. The van der Waals surface area contributed by atoms with Crippen molar-refractivity contribution in [1.82, 2.24) is 15.3 Å². The van der Waals surface area contributed by atoms with E-state index in [2.05, 4.69) is 4.84 Å². The second-order valence-electron chi connectivity index (χ2n) is 4.95. The van der Waals surface area contributed by atoms with Crippen LogP contribution in [-0.2, 0) is 41.0 Å². The van der Waals surface area contributed by atoms with E-state index in [0.29, 0.717) is 0 Å². The number of carbonyl (C=O) groups is 3. The van der Waals surface area contributed by atoms with Gasteiger partial charge in [-0.05, 0) is 5.56 Å². The summed E-state index contributed by atoms with van der Waals surface area (Å²) in [6, 6.07) is 6.97. The third-order valence-electron chi connectivity index (χ3n) is 3.31. The predicted octanol–water partition coefficient (Wildman–Crippen LogP) is -1.46. The lowest BCUT2D eigenvalue weighted by Crippen LogP contribution is -2.71. The van der Waals surface area contributed by atoms with E-state index < -0.39 is 40.0 Å². The van der Waals surface area contributed by atoms with Crippen LogP contribution in [0.4, 0.5) is 0 Å². The third kappa shape index (κ3) is 4.11. The second kappa shape index (κ2) is 7.57. The summed E-state index contributed by atoms with van der Waals surface area (Å²) in [7, 11) is -3.93. The van der Waals surface area contributed by atoms with Gasteiger partial charge in [-0.3, -0.25) is 28.6 Å². The second-order valence-corrected chi connectivity index (χ2v) is 6.23. The molecule has 0 bridgehead atoms. The number of rotatable bonds is 7. The number of hydrogen-bond donors (Lipinski definition) is 3. The van der Waals surface area contributed by atoms with E-state index in [1.165, 1.54) is 0 Å². The van der Waals surface area contributed by atoms with Gasteiger partial charge in [-0.2, -0.15) is 8.42 Å². The van der Waals surface area contributed by atoms with Gasteiger partial charge in [0.2, 0.25) is 0 Å². The van der Waals surface area contributed by atoms with E-state index in [-0.39, 0.29) is 10.9 Å². The standard InChI is InChI=1S/C13H15N3O8S/c1-23-14-12(18)10-9(13(19)16(10)25(20,21)22)11(17)15-24-7-8-5-3-2-4-6-8/h2-6,9-10H,7H2,1H3,(H,14,18)(H,15,17)(H,20,21,22). The molecule has 12 heteroatoms. The first-order valence-corrected chi connectivity index (χ1v) is 8.26. The number of benzene rings is 1.